The van der Waals surface area contributed by atoms with Crippen molar-refractivity contribution in [3.8, 4) is 11.5 Å². The van der Waals surface area contributed by atoms with Crippen LogP contribution in [0.25, 0.3) is 0 Å². The summed E-state index contributed by atoms with van der Waals surface area (Å²) in [5.74, 6) is 1.43. The molecule has 3 nitrogen and oxygen atoms in total. The van der Waals surface area contributed by atoms with Gasteiger partial charge in [0.25, 0.3) is 0 Å². The number of hydrogen-bond donors (Lipinski definition) is 1. The highest BCUT2D eigenvalue weighted by Crippen LogP contribution is 2.32. The first-order valence-electron chi connectivity index (χ1n) is 5.59. The molecule has 0 aliphatic carbocycles. The molecule has 4 heteroatoms. The van der Waals surface area contributed by atoms with Crippen molar-refractivity contribution in [2.75, 3.05) is 19.8 Å². The number of ether oxygens (including phenoxy) is 2. The first-order chi connectivity index (χ1) is 8.19. The molecule has 0 aliphatic rings. The molecule has 0 spiro atoms. The molecule has 0 aliphatic heterocycles. The minimum atomic E-state index is 0.267. The van der Waals surface area contributed by atoms with Crippen molar-refractivity contribution in [1.82, 2.24) is 0 Å². The van der Waals surface area contributed by atoms with Crippen molar-refractivity contribution in [3.05, 3.63) is 35.4 Å². The van der Waals surface area contributed by atoms with Crippen LogP contribution >= 0.6 is 11.6 Å². The lowest BCUT2D eigenvalue weighted by Gasteiger charge is -2.15. The minimum absolute atomic E-state index is 0.267. The van der Waals surface area contributed by atoms with Gasteiger partial charge >= 0.3 is 0 Å². The number of nitrogens with two attached hydrogens (primary N) is 1. The first-order valence-corrected chi connectivity index (χ1v) is 5.97. The third-order valence-corrected chi connectivity index (χ3v) is 2.26. The molecule has 1 aromatic carbocycles. The van der Waals surface area contributed by atoms with E-state index in [2.05, 4.69) is 6.58 Å². The summed E-state index contributed by atoms with van der Waals surface area (Å²) in [5.41, 5.74) is 6.59. The molecule has 2 N–H and O–H groups in total. The Morgan fingerprint density at radius 3 is 2.76 bits per heavy atom. The second-order valence-electron chi connectivity index (χ2n) is 3.52. The van der Waals surface area contributed by atoms with E-state index in [9.17, 15) is 0 Å². The Bertz CT molecular complexity index is 355. The summed E-state index contributed by atoms with van der Waals surface area (Å²) in [5, 5.41) is 0.454. The molecule has 0 amide bonds. The maximum atomic E-state index is 5.70. The van der Waals surface area contributed by atoms with Crippen LogP contribution < -0.4 is 15.2 Å². The van der Waals surface area contributed by atoms with Crippen molar-refractivity contribution in [2.45, 2.75) is 13.3 Å². The normalized spacial score (nSPS) is 10.1. The van der Waals surface area contributed by atoms with E-state index in [-0.39, 0.29) is 6.61 Å². The second-order valence-corrected chi connectivity index (χ2v) is 4.06. The van der Waals surface area contributed by atoms with Gasteiger partial charge in [-0.1, -0.05) is 30.3 Å². The van der Waals surface area contributed by atoms with Crippen LogP contribution in [-0.2, 0) is 6.42 Å². The van der Waals surface area contributed by atoms with Crippen molar-refractivity contribution < 1.29 is 9.47 Å². The van der Waals surface area contributed by atoms with Gasteiger partial charge in [0.2, 0.25) is 0 Å². The monoisotopic (exact) mass is 255 g/mol. The second kappa shape index (κ2) is 7.20. The van der Waals surface area contributed by atoms with Crippen molar-refractivity contribution in [1.29, 1.82) is 0 Å². The minimum Gasteiger partial charge on any atom is -0.490 e. The molecule has 0 heterocycles. The van der Waals surface area contributed by atoms with Crippen LogP contribution in [-0.4, -0.2) is 19.8 Å². The van der Waals surface area contributed by atoms with Crippen molar-refractivity contribution in [3.63, 3.8) is 0 Å². The molecule has 0 atom stereocenters. The Morgan fingerprint density at radius 1 is 1.41 bits per heavy atom. The van der Waals surface area contributed by atoms with Crippen LogP contribution in [0.5, 0.6) is 11.5 Å². The van der Waals surface area contributed by atoms with Gasteiger partial charge in [-0.15, -0.1) is 0 Å². The Hall–Kier alpha value is -1.19. The molecule has 0 bridgehead atoms. The van der Waals surface area contributed by atoms with Crippen LogP contribution in [0.3, 0.4) is 0 Å². The number of rotatable bonds is 7. The van der Waals surface area contributed by atoms with Gasteiger partial charge < -0.3 is 15.2 Å². The predicted octanol–water partition coefficient (Wildman–Crippen LogP) is 2.72. The average Bonchev–Trinajstić information content (AvgIpc) is 2.29. The van der Waals surface area contributed by atoms with Gasteiger partial charge in [-0.3, -0.25) is 0 Å². The Kier molecular flexibility index (Phi) is 5.87. The summed E-state index contributed by atoms with van der Waals surface area (Å²) in [7, 11) is 0. The zero-order chi connectivity index (χ0) is 12.7. The third kappa shape index (κ3) is 4.29. The topological polar surface area (TPSA) is 44.5 Å². The number of halogens is 1. The Morgan fingerprint density at radius 2 is 2.18 bits per heavy atom. The lowest BCUT2D eigenvalue weighted by atomic mass is 10.1. The molecule has 0 saturated heterocycles. The summed E-state index contributed by atoms with van der Waals surface area (Å²) in [6, 6.07) is 5.77. The van der Waals surface area contributed by atoms with E-state index in [0.717, 1.165) is 17.7 Å². The quantitative estimate of drug-likeness (QED) is 0.815. The van der Waals surface area contributed by atoms with Crippen LogP contribution in [0.15, 0.2) is 29.8 Å². The highest BCUT2D eigenvalue weighted by atomic mass is 35.5. The summed E-state index contributed by atoms with van der Waals surface area (Å²) in [6.07, 6.45) is 0.741. The van der Waals surface area contributed by atoms with Crippen LogP contribution in [0.4, 0.5) is 0 Å². The van der Waals surface area contributed by atoms with Gasteiger partial charge in [0.15, 0.2) is 11.5 Å². The maximum Gasteiger partial charge on any atom is 0.164 e. The molecule has 0 saturated carbocycles. The standard InChI is InChI=1S/C13H18ClNO2/c1-3-16-12-6-4-5-11(7-8-15)13(12)17-9-10(2)14/h4-6H,2-3,7-9,15H2,1H3. The summed E-state index contributed by atoms with van der Waals surface area (Å²) < 4.78 is 11.1. The molecule has 17 heavy (non-hydrogen) atoms. The Labute approximate surface area is 107 Å². The third-order valence-electron chi connectivity index (χ3n) is 2.15. The largest absolute Gasteiger partial charge is 0.490 e. The lowest BCUT2D eigenvalue weighted by Crippen LogP contribution is -2.07. The van der Waals surface area contributed by atoms with Gasteiger partial charge in [-0.05, 0) is 31.5 Å². The smallest absolute Gasteiger partial charge is 0.164 e. The SMILES string of the molecule is C=C(Cl)COc1c(CCN)cccc1OCC. The highest BCUT2D eigenvalue weighted by Gasteiger charge is 2.10. The zero-order valence-corrected chi connectivity index (χ0v) is 10.8. The van der Waals surface area contributed by atoms with E-state index in [1.54, 1.807) is 0 Å². The fraction of sp³-hybridized carbons (Fsp3) is 0.385. The average molecular weight is 256 g/mol. The molecule has 1 aromatic rings. The van der Waals surface area contributed by atoms with Gasteiger partial charge in [0, 0.05) is 5.03 Å². The molecule has 0 aromatic heterocycles. The van der Waals surface area contributed by atoms with E-state index < -0.39 is 0 Å². The molecule has 94 valence electrons. The summed E-state index contributed by atoms with van der Waals surface area (Å²) in [6.45, 7) is 6.94. The van der Waals surface area contributed by atoms with E-state index >= 15 is 0 Å². The summed E-state index contributed by atoms with van der Waals surface area (Å²) >= 11 is 5.70. The molecular formula is C13H18ClNO2. The van der Waals surface area contributed by atoms with Crippen LogP contribution in [0.2, 0.25) is 0 Å². The lowest BCUT2D eigenvalue weighted by molar-refractivity contribution is 0.293. The fourth-order valence-electron chi connectivity index (χ4n) is 1.50. The molecular weight excluding hydrogens is 238 g/mol. The van der Waals surface area contributed by atoms with Gasteiger partial charge in [-0.25, -0.2) is 0 Å². The van der Waals surface area contributed by atoms with E-state index in [1.807, 2.05) is 25.1 Å². The fourth-order valence-corrected chi connectivity index (χ4v) is 1.55. The number of benzene rings is 1. The van der Waals surface area contributed by atoms with E-state index in [4.69, 9.17) is 26.8 Å². The summed E-state index contributed by atoms with van der Waals surface area (Å²) in [4.78, 5) is 0. The molecule has 0 fully saturated rings. The molecule has 0 radical (unpaired) electrons. The zero-order valence-electron chi connectivity index (χ0n) is 10.0. The maximum absolute atomic E-state index is 5.70. The Balaban J connectivity index is 2.95. The van der Waals surface area contributed by atoms with Gasteiger partial charge in [0.05, 0.1) is 6.61 Å². The van der Waals surface area contributed by atoms with E-state index in [0.29, 0.717) is 23.9 Å². The van der Waals surface area contributed by atoms with Crippen LogP contribution in [0.1, 0.15) is 12.5 Å². The molecule has 1 rings (SSSR count). The number of para-hydroxylation sites is 1. The van der Waals surface area contributed by atoms with Gasteiger partial charge in [0.1, 0.15) is 6.61 Å². The van der Waals surface area contributed by atoms with Crippen LogP contribution in [0, 0.1) is 0 Å². The molecule has 0 unspecified atom stereocenters. The highest BCUT2D eigenvalue weighted by molar-refractivity contribution is 6.29. The van der Waals surface area contributed by atoms with Crippen molar-refractivity contribution >= 4 is 11.6 Å². The number of hydrogen-bond acceptors (Lipinski definition) is 3. The first kappa shape index (κ1) is 13.9. The predicted molar refractivity (Wildman–Crippen MR) is 70.9 cm³/mol. The van der Waals surface area contributed by atoms with E-state index in [1.165, 1.54) is 0 Å². The van der Waals surface area contributed by atoms with Crippen molar-refractivity contribution in [2.24, 2.45) is 5.73 Å². The van der Waals surface area contributed by atoms with Gasteiger partial charge in [-0.2, -0.15) is 0 Å².